The van der Waals surface area contributed by atoms with Gasteiger partial charge >= 0.3 is 0 Å². The number of benzene rings is 2. The van der Waals surface area contributed by atoms with Crippen molar-refractivity contribution in [2.45, 2.75) is 24.9 Å². The summed E-state index contributed by atoms with van der Waals surface area (Å²) in [6, 6.07) is 9.60. The van der Waals surface area contributed by atoms with Crippen molar-refractivity contribution in [2.24, 2.45) is 0 Å². The van der Waals surface area contributed by atoms with E-state index in [1.165, 1.54) is 11.8 Å². The SMILES string of the molecule is Cc1ccccc1CS[C@H](C)C(=O)Nc1ccc(F)c(F)c1F. The zero-order valence-corrected chi connectivity index (χ0v) is 13.5. The fourth-order valence-corrected chi connectivity index (χ4v) is 2.88. The van der Waals surface area contributed by atoms with Gasteiger partial charge in [0.1, 0.15) is 0 Å². The first-order valence-corrected chi connectivity index (χ1v) is 8.05. The average Bonchev–Trinajstić information content (AvgIpc) is 2.54. The molecule has 23 heavy (non-hydrogen) atoms. The molecule has 2 aromatic carbocycles. The van der Waals surface area contributed by atoms with E-state index in [2.05, 4.69) is 5.32 Å². The summed E-state index contributed by atoms with van der Waals surface area (Å²) in [6.45, 7) is 3.66. The van der Waals surface area contributed by atoms with Gasteiger partial charge in [0, 0.05) is 5.75 Å². The molecule has 2 nitrogen and oxygen atoms in total. The minimum atomic E-state index is -1.59. The molecule has 1 N–H and O–H groups in total. The Morgan fingerprint density at radius 2 is 1.83 bits per heavy atom. The molecular formula is C17H16F3NOS. The third-order valence-corrected chi connectivity index (χ3v) is 4.60. The van der Waals surface area contributed by atoms with Gasteiger partial charge in [-0.1, -0.05) is 24.3 Å². The zero-order chi connectivity index (χ0) is 17.0. The number of halogens is 3. The maximum atomic E-state index is 13.6. The second-order valence-corrected chi connectivity index (χ2v) is 6.42. The van der Waals surface area contributed by atoms with E-state index in [9.17, 15) is 18.0 Å². The number of hydrogen-bond acceptors (Lipinski definition) is 2. The van der Waals surface area contributed by atoms with E-state index >= 15 is 0 Å². The second-order valence-electron chi connectivity index (χ2n) is 5.09. The van der Waals surface area contributed by atoms with E-state index in [1.807, 2.05) is 31.2 Å². The summed E-state index contributed by atoms with van der Waals surface area (Å²) < 4.78 is 39.6. The van der Waals surface area contributed by atoms with Crippen LogP contribution in [0.1, 0.15) is 18.1 Å². The summed E-state index contributed by atoms with van der Waals surface area (Å²) >= 11 is 1.38. The third kappa shape index (κ3) is 4.28. The van der Waals surface area contributed by atoms with Gasteiger partial charge in [0.2, 0.25) is 5.91 Å². The van der Waals surface area contributed by atoms with Gasteiger partial charge in [-0.15, -0.1) is 11.8 Å². The summed E-state index contributed by atoms with van der Waals surface area (Å²) in [5.41, 5.74) is 1.87. The van der Waals surface area contributed by atoms with Crippen molar-refractivity contribution in [1.82, 2.24) is 0 Å². The lowest BCUT2D eigenvalue weighted by Crippen LogP contribution is -2.23. The largest absolute Gasteiger partial charge is 0.323 e. The molecule has 2 rings (SSSR count). The number of anilines is 1. The van der Waals surface area contributed by atoms with E-state index in [0.717, 1.165) is 23.3 Å². The van der Waals surface area contributed by atoms with Crippen LogP contribution in [0.4, 0.5) is 18.9 Å². The average molecular weight is 339 g/mol. The van der Waals surface area contributed by atoms with Crippen LogP contribution in [0.3, 0.4) is 0 Å². The number of thioether (sulfide) groups is 1. The Bertz CT molecular complexity index is 721. The lowest BCUT2D eigenvalue weighted by atomic mass is 10.1. The van der Waals surface area contributed by atoms with Crippen molar-refractivity contribution in [3.8, 4) is 0 Å². The van der Waals surface area contributed by atoms with E-state index in [4.69, 9.17) is 0 Å². The van der Waals surface area contributed by atoms with Crippen LogP contribution in [-0.2, 0) is 10.5 Å². The molecule has 0 heterocycles. The molecule has 0 spiro atoms. The van der Waals surface area contributed by atoms with Gasteiger partial charge in [-0.25, -0.2) is 13.2 Å². The monoisotopic (exact) mass is 339 g/mol. The molecule has 0 aromatic heterocycles. The van der Waals surface area contributed by atoms with Gasteiger partial charge in [0.05, 0.1) is 10.9 Å². The van der Waals surface area contributed by atoms with Gasteiger partial charge in [-0.05, 0) is 37.1 Å². The first-order valence-electron chi connectivity index (χ1n) is 7.00. The first-order chi connectivity index (χ1) is 10.9. The molecular weight excluding hydrogens is 323 g/mol. The van der Waals surface area contributed by atoms with Gasteiger partial charge in [0.15, 0.2) is 17.5 Å². The van der Waals surface area contributed by atoms with E-state index in [-0.39, 0.29) is 5.69 Å². The van der Waals surface area contributed by atoms with Crippen LogP contribution in [0.5, 0.6) is 0 Å². The number of nitrogens with one attached hydrogen (secondary N) is 1. The second kappa shape index (κ2) is 7.55. The fourth-order valence-electron chi connectivity index (χ4n) is 1.92. The van der Waals surface area contributed by atoms with Gasteiger partial charge in [0.25, 0.3) is 0 Å². The summed E-state index contributed by atoms with van der Waals surface area (Å²) in [6.07, 6.45) is 0. The van der Waals surface area contributed by atoms with Gasteiger partial charge < -0.3 is 5.32 Å². The number of hydrogen-bond donors (Lipinski definition) is 1. The van der Waals surface area contributed by atoms with E-state index in [0.29, 0.717) is 5.75 Å². The number of carbonyl (C=O) groups is 1. The quantitative estimate of drug-likeness (QED) is 0.802. The Kier molecular flexibility index (Phi) is 5.71. The fraction of sp³-hybridized carbons (Fsp3) is 0.235. The standard InChI is InChI=1S/C17H16F3NOS/c1-10-5-3-4-6-12(10)9-23-11(2)17(22)21-14-8-7-13(18)15(19)16(14)20/h3-8,11H,9H2,1-2H3,(H,21,22)/t11-/m1/s1. The number of carbonyl (C=O) groups excluding carboxylic acids is 1. The van der Waals surface area contributed by atoms with Crippen LogP contribution < -0.4 is 5.32 Å². The van der Waals surface area contributed by atoms with Crippen molar-refractivity contribution in [3.63, 3.8) is 0 Å². The molecule has 0 radical (unpaired) electrons. The lowest BCUT2D eigenvalue weighted by molar-refractivity contribution is -0.115. The van der Waals surface area contributed by atoms with Crippen LogP contribution in [0, 0.1) is 24.4 Å². The van der Waals surface area contributed by atoms with Crippen LogP contribution in [0.2, 0.25) is 0 Å². The van der Waals surface area contributed by atoms with Crippen molar-refractivity contribution < 1.29 is 18.0 Å². The number of aryl methyl sites for hydroxylation is 1. The molecule has 0 aliphatic rings. The minimum absolute atomic E-state index is 0.364. The highest BCUT2D eigenvalue weighted by atomic mass is 32.2. The Balaban J connectivity index is 1.98. The molecule has 0 bridgehead atoms. The van der Waals surface area contributed by atoms with Crippen molar-refractivity contribution >= 4 is 23.4 Å². The van der Waals surface area contributed by atoms with Crippen molar-refractivity contribution in [3.05, 3.63) is 65.0 Å². The predicted octanol–water partition coefficient (Wildman–Crippen LogP) is 4.67. The Morgan fingerprint density at radius 1 is 1.13 bits per heavy atom. The van der Waals surface area contributed by atoms with Gasteiger partial charge in [-0.2, -0.15) is 0 Å². The Labute approximate surface area is 137 Å². The first kappa shape index (κ1) is 17.4. The zero-order valence-electron chi connectivity index (χ0n) is 12.7. The third-order valence-electron chi connectivity index (χ3n) is 3.41. The van der Waals surface area contributed by atoms with Crippen LogP contribution >= 0.6 is 11.8 Å². The molecule has 122 valence electrons. The minimum Gasteiger partial charge on any atom is -0.323 e. The normalized spacial score (nSPS) is 12.0. The molecule has 0 fully saturated rings. The highest BCUT2D eigenvalue weighted by Gasteiger charge is 2.19. The maximum Gasteiger partial charge on any atom is 0.237 e. The van der Waals surface area contributed by atoms with E-state index in [1.54, 1.807) is 6.92 Å². The molecule has 0 saturated heterocycles. The molecule has 1 amide bonds. The van der Waals surface area contributed by atoms with E-state index < -0.39 is 28.6 Å². The van der Waals surface area contributed by atoms with Crippen LogP contribution in [0.25, 0.3) is 0 Å². The smallest absolute Gasteiger partial charge is 0.237 e. The maximum absolute atomic E-state index is 13.6. The van der Waals surface area contributed by atoms with Crippen LogP contribution in [-0.4, -0.2) is 11.2 Å². The molecule has 1 atom stereocenters. The molecule has 2 aromatic rings. The Morgan fingerprint density at radius 3 is 2.52 bits per heavy atom. The van der Waals surface area contributed by atoms with Crippen LogP contribution in [0.15, 0.2) is 36.4 Å². The van der Waals surface area contributed by atoms with Gasteiger partial charge in [-0.3, -0.25) is 4.79 Å². The van der Waals surface area contributed by atoms with Crippen molar-refractivity contribution in [2.75, 3.05) is 5.32 Å². The highest BCUT2D eigenvalue weighted by molar-refractivity contribution is 7.99. The van der Waals surface area contributed by atoms with Crippen molar-refractivity contribution in [1.29, 1.82) is 0 Å². The number of rotatable bonds is 5. The predicted molar refractivity (Wildman–Crippen MR) is 86.9 cm³/mol. The molecule has 6 heteroatoms. The Hall–Kier alpha value is -1.95. The number of amides is 1. The summed E-state index contributed by atoms with van der Waals surface area (Å²) in [4.78, 5) is 12.1. The molecule has 0 saturated carbocycles. The highest BCUT2D eigenvalue weighted by Crippen LogP contribution is 2.23. The topological polar surface area (TPSA) is 29.1 Å². The lowest BCUT2D eigenvalue weighted by Gasteiger charge is -2.13. The summed E-state index contributed by atoms with van der Waals surface area (Å²) in [5, 5.41) is 1.82. The molecule has 0 aliphatic heterocycles. The molecule has 0 aliphatic carbocycles. The summed E-state index contributed by atoms with van der Waals surface area (Å²) in [5.74, 6) is -4.12. The summed E-state index contributed by atoms with van der Waals surface area (Å²) in [7, 11) is 0. The molecule has 0 unspecified atom stereocenters.